The van der Waals surface area contributed by atoms with Gasteiger partial charge in [0.2, 0.25) is 9.04 Å². The molecular formula is C9H21OSi. The summed E-state index contributed by atoms with van der Waals surface area (Å²) in [6.45, 7) is 4.12. The predicted octanol–water partition coefficient (Wildman–Crippen LogP) is 3.13. The molecular weight excluding hydrogens is 152 g/mol. The van der Waals surface area contributed by atoms with Crippen LogP contribution in [-0.2, 0) is 4.80 Å². The van der Waals surface area contributed by atoms with Gasteiger partial charge in [-0.05, 0) is 12.6 Å². The minimum Gasteiger partial charge on any atom is -0.302 e. The fraction of sp³-hybridized carbons (Fsp3) is 1.00. The fourth-order valence-corrected chi connectivity index (χ4v) is 2.08. The van der Waals surface area contributed by atoms with Crippen molar-refractivity contribution in [2.45, 2.75) is 58.0 Å². The quantitative estimate of drug-likeness (QED) is 0.416. The lowest BCUT2D eigenvalue weighted by Gasteiger charge is -1.99. The molecule has 1 radical (unpaired) electrons. The second kappa shape index (κ2) is 8.28. The van der Waals surface area contributed by atoms with Crippen LogP contribution in [-0.4, -0.2) is 9.04 Å². The lowest BCUT2D eigenvalue weighted by atomic mass is 10.1. The van der Waals surface area contributed by atoms with E-state index < -0.39 is 9.04 Å². The Labute approximate surface area is 72.6 Å². The van der Waals surface area contributed by atoms with Gasteiger partial charge in [-0.2, -0.15) is 0 Å². The van der Waals surface area contributed by atoms with Gasteiger partial charge in [-0.3, -0.25) is 0 Å². The summed E-state index contributed by atoms with van der Waals surface area (Å²) in [7, 11) is -1.48. The van der Waals surface area contributed by atoms with E-state index in [1.54, 1.807) is 0 Å². The van der Waals surface area contributed by atoms with Gasteiger partial charge in [0.25, 0.3) is 0 Å². The van der Waals surface area contributed by atoms with Crippen molar-refractivity contribution in [1.82, 2.24) is 0 Å². The monoisotopic (exact) mass is 173 g/mol. The molecule has 0 aromatic carbocycles. The summed E-state index contributed by atoms with van der Waals surface area (Å²) in [5, 5.41) is 0. The van der Waals surface area contributed by atoms with Crippen molar-refractivity contribution in [3.05, 3.63) is 0 Å². The third-order valence-electron chi connectivity index (χ3n) is 1.96. The first-order valence-corrected chi connectivity index (χ1v) is 7.37. The minimum absolute atomic E-state index is 1.01. The molecule has 0 aromatic rings. The summed E-state index contributed by atoms with van der Waals surface area (Å²) in [5.41, 5.74) is 0. The molecule has 0 bridgehead atoms. The maximum Gasteiger partial charge on any atom is 0.219 e. The van der Waals surface area contributed by atoms with Gasteiger partial charge in [0, 0.05) is 0 Å². The molecule has 0 rings (SSSR count). The normalized spacial score (nSPS) is 13.4. The standard InChI is InChI=1S/C9H21OSi/c1-3-4-5-6-7-8-9-11(2)10/h11H,3-9H2,1-2H3. The second-order valence-electron chi connectivity index (χ2n) is 3.37. The molecule has 0 saturated heterocycles. The summed E-state index contributed by atoms with van der Waals surface area (Å²) >= 11 is 0. The van der Waals surface area contributed by atoms with Gasteiger partial charge in [-0.25, -0.2) is 0 Å². The van der Waals surface area contributed by atoms with E-state index in [-0.39, 0.29) is 0 Å². The zero-order chi connectivity index (χ0) is 8.53. The second-order valence-corrected chi connectivity index (χ2v) is 5.57. The molecule has 0 spiro atoms. The molecule has 1 nitrogen and oxygen atoms in total. The Morgan fingerprint density at radius 1 is 1.00 bits per heavy atom. The average Bonchev–Trinajstić information content (AvgIpc) is 1.96. The highest BCUT2D eigenvalue weighted by Gasteiger charge is 1.99. The summed E-state index contributed by atoms with van der Waals surface area (Å²) in [6, 6.07) is 1.01. The van der Waals surface area contributed by atoms with Crippen LogP contribution in [0, 0.1) is 0 Å². The van der Waals surface area contributed by atoms with E-state index in [0.717, 1.165) is 6.04 Å². The van der Waals surface area contributed by atoms with Crippen molar-refractivity contribution in [2.75, 3.05) is 0 Å². The highest BCUT2D eigenvalue weighted by molar-refractivity contribution is 6.48. The summed E-state index contributed by atoms with van der Waals surface area (Å²) in [5.74, 6) is 0. The number of hydrogen-bond acceptors (Lipinski definition) is 0. The molecule has 67 valence electrons. The first-order chi connectivity index (χ1) is 5.27. The zero-order valence-electron chi connectivity index (χ0n) is 7.94. The van der Waals surface area contributed by atoms with Gasteiger partial charge in [-0.15, -0.1) is 0 Å². The maximum atomic E-state index is 10.8. The molecule has 2 heteroatoms. The first-order valence-electron chi connectivity index (χ1n) is 4.93. The van der Waals surface area contributed by atoms with Crippen LogP contribution < -0.4 is 0 Å². The molecule has 0 aliphatic heterocycles. The summed E-state index contributed by atoms with van der Waals surface area (Å²) in [6.07, 6.45) is 7.87. The third kappa shape index (κ3) is 10.2. The molecule has 1 unspecified atom stereocenters. The molecule has 0 N–H and O–H groups in total. The van der Waals surface area contributed by atoms with Crippen molar-refractivity contribution < 1.29 is 4.80 Å². The van der Waals surface area contributed by atoms with Crippen LogP contribution in [0.3, 0.4) is 0 Å². The van der Waals surface area contributed by atoms with E-state index in [9.17, 15) is 4.80 Å². The molecule has 0 fully saturated rings. The lowest BCUT2D eigenvalue weighted by molar-refractivity contribution is 0.448. The van der Waals surface area contributed by atoms with E-state index in [1.807, 2.05) is 6.55 Å². The van der Waals surface area contributed by atoms with Crippen LogP contribution in [0.4, 0.5) is 0 Å². The highest BCUT2D eigenvalue weighted by atomic mass is 28.3. The van der Waals surface area contributed by atoms with Crippen molar-refractivity contribution in [3.8, 4) is 0 Å². The zero-order valence-corrected chi connectivity index (χ0v) is 9.09. The van der Waals surface area contributed by atoms with Gasteiger partial charge < -0.3 is 4.80 Å². The SMILES string of the molecule is CCCCCCCC[SiH](C)[O]. The Hall–Kier alpha value is 0.177. The average molecular weight is 173 g/mol. The lowest BCUT2D eigenvalue weighted by Crippen LogP contribution is -2.01. The van der Waals surface area contributed by atoms with Gasteiger partial charge >= 0.3 is 0 Å². The summed E-state index contributed by atoms with van der Waals surface area (Å²) in [4.78, 5) is 10.8. The van der Waals surface area contributed by atoms with E-state index in [0.29, 0.717) is 0 Å². The Morgan fingerprint density at radius 2 is 1.55 bits per heavy atom. The van der Waals surface area contributed by atoms with E-state index in [4.69, 9.17) is 0 Å². The van der Waals surface area contributed by atoms with Gasteiger partial charge in [-0.1, -0.05) is 45.4 Å². The van der Waals surface area contributed by atoms with E-state index in [1.165, 1.54) is 38.5 Å². The van der Waals surface area contributed by atoms with Crippen LogP contribution in [0.5, 0.6) is 0 Å². The molecule has 0 saturated carbocycles. The van der Waals surface area contributed by atoms with Gasteiger partial charge in [0.05, 0.1) is 0 Å². The molecule has 11 heavy (non-hydrogen) atoms. The van der Waals surface area contributed by atoms with Crippen molar-refractivity contribution in [1.29, 1.82) is 0 Å². The number of unbranched alkanes of at least 4 members (excludes halogenated alkanes) is 5. The first kappa shape index (κ1) is 11.2. The van der Waals surface area contributed by atoms with E-state index in [2.05, 4.69) is 6.92 Å². The van der Waals surface area contributed by atoms with Crippen molar-refractivity contribution in [3.63, 3.8) is 0 Å². The molecule has 0 aliphatic rings. The highest BCUT2D eigenvalue weighted by Crippen LogP contribution is 2.07. The fourth-order valence-electron chi connectivity index (χ4n) is 1.21. The summed E-state index contributed by atoms with van der Waals surface area (Å²) < 4.78 is 0. The van der Waals surface area contributed by atoms with Crippen LogP contribution in [0.15, 0.2) is 0 Å². The van der Waals surface area contributed by atoms with Gasteiger partial charge in [0.15, 0.2) is 0 Å². The smallest absolute Gasteiger partial charge is 0.219 e. The Balaban J connectivity index is 2.80. The van der Waals surface area contributed by atoms with Crippen LogP contribution in [0.2, 0.25) is 12.6 Å². The van der Waals surface area contributed by atoms with Crippen LogP contribution in [0.25, 0.3) is 0 Å². The van der Waals surface area contributed by atoms with Gasteiger partial charge in [0.1, 0.15) is 0 Å². The van der Waals surface area contributed by atoms with Crippen LogP contribution in [0.1, 0.15) is 45.4 Å². The topological polar surface area (TPSA) is 19.9 Å². The molecule has 0 aromatic heterocycles. The Bertz CT molecular complexity index is 74.0. The largest absolute Gasteiger partial charge is 0.302 e. The van der Waals surface area contributed by atoms with Crippen LogP contribution >= 0.6 is 0 Å². The minimum atomic E-state index is -1.48. The third-order valence-corrected chi connectivity index (χ3v) is 3.19. The Kier molecular flexibility index (Phi) is 8.41. The number of hydrogen-bond donors (Lipinski definition) is 0. The molecule has 1 atom stereocenters. The predicted molar refractivity (Wildman–Crippen MR) is 51.9 cm³/mol. The molecule has 0 amide bonds. The molecule has 0 heterocycles. The Morgan fingerprint density at radius 3 is 2.09 bits per heavy atom. The van der Waals surface area contributed by atoms with Crippen molar-refractivity contribution >= 4 is 9.04 Å². The van der Waals surface area contributed by atoms with Crippen molar-refractivity contribution in [2.24, 2.45) is 0 Å². The van der Waals surface area contributed by atoms with E-state index >= 15 is 0 Å². The number of rotatable bonds is 7. The molecule has 0 aliphatic carbocycles. The maximum absolute atomic E-state index is 10.8.